The minimum atomic E-state index is -0.717. The van der Waals surface area contributed by atoms with Crippen molar-refractivity contribution in [2.24, 2.45) is 5.92 Å². The molecule has 0 N–H and O–H groups in total. The van der Waals surface area contributed by atoms with Gasteiger partial charge in [0.15, 0.2) is 0 Å². The maximum Gasteiger partial charge on any atom is 0.319 e. The molecule has 2 atom stereocenters. The van der Waals surface area contributed by atoms with Crippen molar-refractivity contribution in [1.29, 1.82) is 0 Å². The number of unbranched alkanes of at least 4 members (excludes halogenated alkanes) is 2. The number of halogens is 1. The van der Waals surface area contributed by atoms with E-state index in [0.29, 0.717) is 18.9 Å². The molecule has 0 saturated carbocycles. The summed E-state index contributed by atoms with van der Waals surface area (Å²) in [5, 5.41) is -0.0605. The lowest BCUT2D eigenvalue weighted by molar-refractivity contribution is -0.143. The monoisotopic (exact) mass is 306 g/mol. The average Bonchev–Trinajstić information content (AvgIpc) is 2.36. The standard InChI is InChI=1S/C16H31FO2S/c1-5-6-10-19-16(18)15(12-13(2)3)20-11-8-7-9-14(4)17/h13-15H,5-12H2,1-4H3. The van der Waals surface area contributed by atoms with Gasteiger partial charge >= 0.3 is 5.97 Å². The summed E-state index contributed by atoms with van der Waals surface area (Å²) in [4.78, 5) is 12.0. The van der Waals surface area contributed by atoms with Crippen molar-refractivity contribution in [3.63, 3.8) is 0 Å². The highest BCUT2D eigenvalue weighted by molar-refractivity contribution is 8.00. The number of hydrogen-bond donors (Lipinski definition) is 0. The molecule has 0 amide bonds. The largest absolute Gasteiger partial charge is 0.465 e. The van der Waals surface area contributed by atoms with Crippen LogP contribution in [0.2, 0.25) is 0 Å². The van der Waals surface area contributed by atoms with Crippen LogP contribution >= 0.6 is 11.8 Å². The molecule has 0 spiro atoms. The van der Waals surface area contributed by atoms with Gasteiger partial charge in [-0.05, 0) is 50.7 Å². The first-order chi connectivity index (χ1) is 9.47. The van der Waals surface area contributed by atoms with Crippen LogP contribution in [0.5, 0.6) is 0 Å². The first-order valence-electron chi connectivity index (χ1n) is 7.89. The second-order valence-electron chi connectivity index (χ2n) is 5.79. The van der Waals surface area contributed by atoms with E-state index in [0.717, 1.165) is 37.9 Å². The lowest BCUT2D eigenvalue weighted by atomic mass is 10.1. The van der Waals surface area contributed by atoms with Gasteiger partial charge in [0.25, 0.3) is 0 Å². The lowest BCUT2D eigenvalue weighted by Gasteiger charge is -2.17. The SMILES string of the molecule is CCCCOC(=O)C(CC(C)C)SCCCCC(C)F. The van der Waals surface area contributed by atoms with E-state index in [1.54, 1.807) is 18.7 Å². The van der Waals surface area contributed by atoms with Gasteiger partial charge in [-0.1, -0.05) is 27.2 Å². The Bertz CT molecular complexity index is 245. The van der Waals surface area contributed by atoms with Crippen molar-refractivity contribution in [2.75, 3.05) is 12.4 Å². The van der Waals surface area contributed by atoms with Gasteiger partial charge < -0.3 is 4.74 Å². The van der Waals surface area contributed by atoms with E-state index in [2.05, 4.69) is 20.8 Å². The molecule has 0 heterocycles. The second kappa shape index (κ2) is 12.5. The molecule has 20 heavy (non-hydrogen) atoms. The Kier molecular flexibility index (Phi) is 12.3. The summed E-state index contributed by atoms with van der Waals surface area (Å²) in [6, 6.07) is 0. The molecule has 2 nitrogen and oxygen atoms in total. The molecule has 0 rings (SSSR count). The van der Waals surface area contributed by atoms with Gasteiger partial charge in [-0.25, -0.2) is 4.39 Å². The smallest absolute Gasteiger partial charge is 0.319 e. The zero-order valence-corrected chi connectivity index (χ0v) is 14.3. The predicted octanol–water partition coefficient (Wildman–Crippen LogP) is 5.01. The Hall–Kier alpha value is -0.250. The summed E-state index contributed by atoms with van der Waals surface area (Å²) in [6.45, 7) is 8.46. The van der Waals surface area contributed by atoms with Crippen LogP contribution in [0, 0.1) is 5.92 Å². The number of esters is 1. The van der Waals surface area contributed by atoms with Crippen molar-refractivity contribution >= 4 is 17.7 Å². The highest BCUT2D eigenvalue weighted by Gasteiger charge is 2.21. The zero-order valence-electron chi connectivity index (χ0n) is 13.5. The number of hydrogen-bond acceptors (Lipinski definition) is 3. The number of thioether (sulfide) groups is 1. The van der Waals surface area contributed by atoms with Gasteiger partial charge in [-0.15, -0.1) is 11.8 Å². The third kappa shape index (κ3) is 11.6. The third-order valence-electron chi connectivity index (χ3n) is 3.01. The normalized spacial score (nSPS) is 14.3. The Morgan fingerprint density at radius 3 is 2.45 bits per heavy atom. The summed E-state index contributed by atoms with van der Waals surface area (Å²) >= 11 is 1.67. The number of carbonyl (C=O) groups excluding carboxylic acids is 1. The summed E-state index contributed by atoms with van der Waals surface area (Å²) < 4.78 is 18.0. The van der Waals surface area contributed by atoms with Crippen molar-refractivity contribution in [3.8, 4) is 0 Å². The summed E-state index contributed by atoms with van der Waals surface area (Å²) in [6.07, 6.45) is 4.59. The van der Waals surface area contributed by atoms with Crippen molar-refractivity contribution in [1.82, 2.24) is 0 Å². The van der Waals surface area contributed by atoms with Gasteiger partial charge in [-0.3, -0.25) is 4.79 Å². The van der Waals surface area contributed by atoms with Crippen LogP contribution < -0.4 is 0 Å². The molecule has 0 fully saturated rings. The lowest BCUT2D eigenvalue weighted by Crippen LogP contribution is -2.23. The molecule has 0 aromatic heterocycles. The zero-order chi connectivity index (χ0) is 15.4. The Morgan fingerprint density at radius 1 is 1.20 bits per heavy atom. The number of alkyl halides is 1. The first kappa shape index (κ1) is 19.8. The van der Waals surface area contributed by atoms with E-state index < -0.39 is 6.17 Å². The highest BCUT2D eigenvalue weighted by Crippen LogP contribution is 2.22. The average molecular weight is 306 g/mol. The molecule has 0 saturated heterocycles. The molecule has 120 valence electrons. The van der Waals surface area contributed by atoms with Crippen molar-refractivity contribution < 1.29 is 13.9 Å². The molecule has 2 unspecified atom stereocenters. The third-order valence-corrected chi connectivity index (χ3v) is 4.32. The maximum atomic E-state index is 12.7. The van der Waals surface area contributed by atoms with Crippen LogP contribution in [0.15, 0.2) is 0 Å². The summed E-state index contributed by atoms with van der Waals surface area (Å²) in [7, 11) is 0. The van der Waals surface area contributed by atoms with Crippen LogP contribution in [-0.2, 0) is 9.53 Å². The van der Waals surface area contributed by atoms with E-state index in [-0.39, 0.29) is 11.2 Å². The highest BCUT2D eigenvalue weighted by atomic mass is 32.2. The molecule has 0 radical (unpaired) electrons. The predicted molar refractivity (Wildman–Crippen MR) is 86.0 cm³/mol. The molecular formula is C16H31FO2S. The topological polar surface area (TPSA) is 26.3 Å². The number of carbonyl (C=O) groups is 1. The second-order valence-corrected chi connectivity index (χ2v) is 7.10. The maximum absolute atomic E-state index is 12.7. The van der Waals surface area contributed by atoms with E-state index in [1.165, 1.54) is 0 Å². The molecular weight excluding hydrogens is 275 g/mol. The van der Waals surface area contributed by atoms with E-state index in [4.69, 9.17) is 4.74 Å². The van der Waals surface area contributed by atoms with Crippen molar-refractivity contribution in [2.45, 2.75) is 77.6 Å². The number of rotatable bonds is 12. The molecule has 0 bridgehead atoms. The number of ether oxygens (including phenoxy) is 1. The van der Waals surface area contributed by atoms with Gasteiger partial charge in [0.1, 0.15) is 5.25 Å². The van der Waals surface area contributed by atoms with Gasteiger partial charge in [-0.2, -0.15) is 0 Å². The fourth-order valence-corrected chi connectivity index (χ4v) is 3.20. The molecule has 4 heteroatoms. The van der Waals surface area contributed by atoms with E-state index in [9.17, 15) is 9.18 Å². The van der Waals surface area contributed by atoms with Gasteiger partial charge in [0.05, 0.1) is 12.8 Å². The van der Waals surface area contributed by atoms with Crippen LogP contribution in [-0.4, -0.2) is 29.8 Å². The van der Waals surface area contributed by atoms with Crippen LogP contribution in [0.3, 0.4) is 0 Å². The molecule has 0 aromatic rings. The molecule has 0 aliphatic heterocycles. The van der Waals surface area contributed by atoms with Gasteiger partial charge in [0, 0.05) is 0 Å². The first-order valence-corrected chi connectivity index (χ1v) is 8.94. The van der Waals surface area contributed by atoms with Crippen molar-refractivity contribution in [3.05, 3.63) is 0 Å². The van der Waals surface area contributed by atoms with E-state index >= 15 is 0 Å². The minimum Gasteiger partial charge on any atom is -0.465 e. The molecule has 0 aliphatic carbocycles. The fourth-order valence-electron chi connectivity index (χ4n) is 1.82. The molecule has 0 aliphatic rings. The quantitative estimate of drug-likeness (QED) is 0.375. The molecule has 0 aromatic carbocycles. The van der Waals surface area contributed by atoms with Crippen LogP contribution in [0.4, 0.5) is 4.39 Å². The van der Waals surface area contributed by atoms with Crippen LogP contribution in [0.25, 0.3) is 0 Å². The minimum absolute atomic E-state index is 0.0605. The Labute approximate surface area is 128 Å². The Balaban J connectivity index is 3.97. The van der Waals surface area contributed by atoms with E-state index in [1.807, 2.05) is 0 Å². The summed E-state index contributed by atoms with van der Waals surface area (Å²) in [5.41, 5.74) is 0. The fraction of sp³-hybridized carbons (Fsp3) is 0.938. The van der Waals surface area contributed by atoms with Crippen LogP contribution in [0.1, 0.15) is 66.2 Å². The summed E-state index contributed by atoms with van der Waals surface area (Å²) in [5.74, 6) is 1.32. The Morgan fingerprint density at radius 2 is 1.90 bits per heavy atom. The van der Waals surface area contributed by atoms with Gasteiger partial charge in [0.2, 0.25) is 0 Å².